The van der Waals surface area contributed by atoms with Crippen LogP contribution in [0.1, 0.15) is 15.0 Å². The number of halogens is 2. The van der Waals surface area contributed by atoms with Gasteiger partial charge in [-0.2, -0.15) is 0 Å². The summed E-state index contributed by atoms with van der Waals surface area (Å²) in [5, 5.41) is 0. The fraction of sp³-hybridized carbons (Fsp3) is 0.333. The fourth-order valence-electron chi connectivity index (χ4n) is 0.616. The standard InChI is InChI=1S/C6H6Br2N2/c1-4-5(6(7)8)2-9-3-10-4/h2-3,6H,1H3. The lowest BCUT2D eigenvalue weighted by atomic mass is 10.3. The Balaban J connectivity index is 3.03. The van der Waals surface area contributed by atoms with Crippen LogP contribution in [0.4, 0.5) is 0 Å². The van der Waals surface area contributed by atoms with Crippen molar-refractivity contribution >= 4 is 31.9 Å². The van der Waals surface area contributed by atoms with Crippen LogP contribution in [0, 0.1) is 6.92 Å². The normalized spacial score (nSPS) is 10.4. The minimum atomic E-state index is 0.154. The van der Waals surface area contributed by atoms with Crippen molar-refractivity contribution in [1.82, 2.24) is 9.97 Å². The van der Waals surface area contributed by atoms with E-state index in [-0.39, 0.29) is 3.74 Å². The number of alkyl halides is 2. The average Bonchev–Trinajstić information content (AvgIpc) is 1.88. The summed E-state index contributed by atoms with van der Waals surface area (Å²) >= 11 is 6.74. The summed E-state index contributed by atoms with van der Waals surface area (Å²) in [6.45, 7) is 1.95. The SMILES string of the molecule is Cc1ncncc1C(Br)Br. The molecular weight excluding hydrogens is 260 g/mol. The minimum Gasteiger partial charge on any atom is -0.244 e. The lowest BCUT2D eigenvalue weighted by Gasteiger charge is -2.02. The van der Waals surface area contributed by atoms with E-state index in [1.54, 1.807) is 12.5 Å². The maximum atomic E-state index is 4.03. The number of aryl methyl sites for hydroxylation is 1. The molecule has 2 nitrogen and oxygen atoms in total. The highest BCUT2D eigenvalue weighted by Crippen LogP contribution is 2.29. The first-order valence-corrected chi connectivity index (χ1v) is 4.59. The highest BCUT2D eigenvalue weighted by atomic mass is 79.9. The molecule has 0 aliphatic heterocycles. The van der Waals surface area contributed by atoms with Crippen molar-refractivity contribution < 1.29 is 0 Å². The van der Waals surface area contributed by atoms with Crippen molar-refractivity contribution in [2.24, 2.45) is 0 Å². The zero-order valence-corrected chi connectivity index (χ0v) is 8.55. The van der Waals surface area contributed by atoms with Crippen molar-refractivity contribution in [2.45, 2.75) is 10.7 Å². The Labute approximate surface area is 76.3 Å². The van der Waals surface area contributed by atoms with E-state index in [2.05, 4.69) is 41.8 Å². The summed E-state index contributed by atoms with van der Waals surface area (Å²) in [6, 6.07) is 0. The van der Waals surface area contributed by atoms with Gasteiger partial charge in [0.15, 0.2) is 0 Å². The van der Waals surface area contributed by atoms with E-state index in [0.29, 0.717) is 0 Å². The molecule has 0 fully saturated rings. The van der Waals surface area contributed by atoms with Crippen molar-refractivity contribution in [3.63, 3.8) is 0 Å². The second kappa shape index (κ2) is 3.44. The van der Waals surface area contributed by atoms with Crippen LogP contribution in [0.2, 0.25) is 0 Å². The Morgan fingerprint density at radius 2 is 2.20 bits per heavy atom. The van der Waals surface area contributed by atoms with Crippen molar-refractivity contribution in [3.05, 3.63) is 23.8 Å². The predicted molar refractivity (Wildman–Crippen MR) is 47.4 cm³/mol. The third kappa shape index (κ3) is 1.76. The molecule has 0 aliphatic rings. The van der Waals surface area contributed by atoms with Crippen molar-refractivity contribution in [3.8, 4) is 0 Å². The largest absolute Gasteiger partial charge is 0.244 e. The molecule has 0 unspecified atom stereocenters. The van der Waals surface area contributed by atoms with Gasteiger partial charge in [-0.15, -0.1) is 0 Å². The van der Waals surface area contributed by atoms with E-state index >= 15 is 0 Å². The second-order valence-corrected chi connectivity index (χ2v) is 4.92. The van der Waals surface area contributed by atoms with Crippen LogP contribution in [-0.4, -0.2) is 9.97 Å². The predicted octanol–water partition coefficient (Wildman–Crippen LogP) is 2.57. The number of aromatic nitrogens is 2. The highest BCUT2D eigenvalue weighted by molar-refractivity contribution is 9.24. The lowest BCUT2D eigenvalue weighted by Crippen LogP contribution is -1.91. The molecule has 0 bridgehead atoms. The van der Waals surface area contributed by atoms with Crippen molar-refractivity contribution in [1.29, 1.82) is 0 Å². The minimum absolute atomic E-state index is 0.154. The molecule has 0 saturated heterocycles. The first-order valence-electron chi connectivity index (χ1n) is 2.76. The Hall–Kier alpha value is 0.0400. The van der Waals surface area contributed by atoms with Gasteiger partial charge in [0.2, 0.25) is 0 Å². The van der Waals surface area contributed by atoms with Crippen LogP contribution < -0.4 is 0 Å². The fourth-order valence-corrected chi connectivity index (χ4v) is 1.51. The van der Waals surface area contributed by atoms with Crippen LogP contribution in [0.25, 0.3) is 0 Å². The van der Waals surface area contributed by atoms with Gasteiger partial charge in [0, 0.05) is 17.5 Å². The Morgan fingerprint density at radius 3 is 2.60 bits per heavy atom. The van der Waals surface area contributed by atoms with Gasteiger partial charge in [-0.1, -0.05) is 31.9 Å². The highest BCUT2D eigenvalue weighted by Gasteiger charge is 2.05. The molecule has 1 heterocycles. The van der Waals surface area contributed by atoms with Gasteiger partial charge < -0.3 is 0 Å². The number of hydrogen-bond donors (Lipinski definition) is 0. The maximum absolute atomic E-state index is 4.03. The molecule has 4 heteroatoms. The summed E-state index contributed by atoms with van der Waals surface area (Å²) in [5.41, 5.74) is 2.07. The lowest BCUT2D eigenvalue weighted by molar-refractivity contribution is 1.05. The molecule has 0 radical (unpaired) electrons. The summed E-state index contributed by atoms with van der Waals surface area (Å²) in [7, 11) is 0. The molecule has 0 saturated carbocycles. The van der Waals surface area contributed by atoms with Crippen molar-refractivity contribution in [2.75, 3.05) is 0 Å². The molecule has 0 amide bonds. The molecular formula is C6H6Br2N2. The first-order chi connectivity index (χ1) is 4.72. The monoisotopic (exact) mass is 264 g/mol. The zero-order valence-electron chi connectivity index (χ0n) is 5.38. The third-order valence-corrected chi connectivity index (χ3v) is 2.17. The van der Waals surface area contributed by atoms with Crippen LogP contribution >= 0.6 is 31.9 Å². The second-order valence-electron chi connectivity index (χ2n) is 1.86. The molecule has 0 N–H and O–H groups in total. The van der Waals surface area contributed by atoms with E-state index in [4.69, 9.17) is 0 Å². The maximum Gasteiger partial charge on any atom is 0.115 e. The van der Waals surface area contributed by atoms with E-state index < -0.39 is 0 Å². The molecule has 1 aromatic heterocycles. The Kier molecular flexibility index (Phi) is 2.80. The van der Waals surface area contributed by atoms with Crippen LogP contribution in [0.15, 0.2) is 12.5 Å². The van der Waals surface area contributed by atoms with Gasteiger partial charge in [0.25, 0.3) is 0 Å². The summed E-state index contributed by atoms with van der Waals surface area (Å²) in [5.74, 6) is 0. The molecule has 10 heavy (non-hydrogen) atoms. The summed E-state index contributed by atoms with van der Waals surface area (Å²) in [4.78, 5) is 7.92. The molecule has 0 atom stereocenters. The molecule has 0 aromatic carbocycles. The van der Waals surface area contributed by atoms with E-state index in [0.717, 1.165) is 11.3 Å². The van der Waals surface area contributed by atoms with E-state index in [1.807, 2.05) is 6.92 Å². The summed E-state index contributed by atoms with van der Waals surface area (Å²) in [6.07, 6.45) is 3.33. The smallest absolute Gasteiger partial charge is 0.115 e. The number of hydrogen-bond acceptors (Lipinski definition) is 2. The van der Waals surface area contributed by atoms with Crippen LogP contribution in [-0.2, 0) is 0 Å². The van der Waals surface area contributed by atoms with Gasteiger partial charge in [0.1, 0.15) is 6.33 Å². The molecule has 0 spiro atoms. The zero-order chi connectivity index (χ0) is 7.56. The number of rotatable bonds is 1. The molecule has 1 aromatic rings. The Bertz CT molecular complexity index is 225. The number of nitrogens with zero attached hydrogens (tertiary/aromatic N) is 2. The topological polar surface area (TPSA) is 25.8 Å². The quantitative estimate of drug-likeness (QED) is 0.730. The molecule has 1 rings (SSSR count). The summed E-state index contributed by atoms with van der Waals surface area (Å²) < 4.78 is 0.154. The van der Waals surface area contributed by atoms with Gasteiger partial charge in [-0.25, -0.2) is 9.97 Å². The van der Waals surface area contributed by atoms with Gasteiger partial charge >= 0.3 is 0 Å². The van der Waals surface area contributed by atoms with Crippen LogP contribution in [0.3, 0.4) is 0 Å². The van der Waals surface area contributed by atoms with Gasteiger partial charge in [-0.05, 0) is 6.92 Å². The van der Waals surface area contributed by atoms with E-state index in [1.165, 1.54) is 0 Å². The molecule has 0 aliphatic carbocycles. The average molecular weight is 266 g/mol. The van der Waals surface area contributed by atoms with Crippen LogP contribution in [0.5, 0.6) is 0 Å². The van der Waals surface area contributed by atoms with Gasteiger partial charge in [-0.3, -0.25) is 0 Å². The van der Waals surface area contributed by atoms with E-state index in [9.17, 15) is 0 Å². The Morgan fingerprint density at radius 1 is 1.50 bits per heavy atom. The molecule has 54 valence electrons. The first kappa shape index (κ1) is 8.14. The van der Waals surface area contributed by atoms with Gasteiger partial charge in [0.05, 0.1) is 3.74 Å². The third-order valence-electron chi connectivity index (χ3n) is 1.18.